The highest BCUT2D eigenvalue weighted by molar-refractivity contribution is 6.03. The molecule has 8 heteroatoms. The van der Waals surface area contributed by atoms with Gasteiger partial charge in [-0.3, -0.25) is 9.59 Å². The molecule has 0 aliphatic heterocycles. The molecule has 0 saturated heterocycles. The van der Waals surface area contributed by atoms with Gasteiger partial charge in [0, 0.05) is 32.7 Å². The monoisotopic (exact) mass is 457 g/mol. The number of hydrogen-bond acceptors (Lipinski definition) is 6. The quantitative estimate of drug-likeness (QED) is 0.483. The number of aromatic hydroxyl groups is 1. The Bertz CT molecular complexity index is 935. The van der Waals surface area contributed by atoms with Crippen molar-refractivity contribution in [1.82, 2.24) is 9.80 Å². The molecule has 0 heterocycles. The second kappa shape index (κ2) is 9.33. The largest absolute Gasteiger partial charge is 0.508 e. The number of fused-ring (bicyclic) bond motifs is 5. The topological polar surface area (TPSA) is 103 Å². The Hall–Kier alpha value is -2.61. The minimum Gasteiger partial charge on any atom is -0.508 e. The zero-order valence-electron chi connectivity index (χ0n) is 19.7. The molecule has 8 nitrogen and oxygen atoms in total. The number of carbonyl (C=O) groups is 2. The number of rotatable bonds is 7. The highest BCUT2D eigenvalue weighted by atomic mass is 16.6. The molecule has 2 fully saturated rings. The van der Waals surface area contributed by atoms with Gasteiger partial charge in [0.15, 0.2) is 6.61 Å². The Morgan fingerprint density at radius 1 is 1.27 bits per heavy atom. The number of carbonyl (C=O) groups excluding carboxylic acids is 2. The first kappa shape index (κ1) is 23.5. The van der Waals surface area contributed by atoms with Crippen molar-refractivity contribution in [2.75, 3.05) is 33.8 Å². The van der Waals surface area contributed by atoms with E-state index >= 15 is 0 Å². The normalized spacial score (nSPS) is 31.3. The average molecular weight is 458 g/mol. The summed E-state index contributed by atoms with van der Waals surface area (Å²) in [6.07, 6.45) is 5.05. The Kier molecular flexibility index (Phi) is 6.66. The summed E-state index contributed by atoms with van der Waals surface area (Å²) in [4.78, 5) is 31.6. The van der Waals surface area contributed by atoms with E-state index in [4.69, 9.17) is 4.84 Å². The van der Waals surface area contributed by atoms with Crippen LogP contribution in [-0.2, 0) is 14.4 Å². The molecule has 3 unspecified atom stereocenters. The molecule has 2 N–H and O–H groups in total. The van der Waals surface area contributed by atoms with Crippen LogP contribution in [0.2, 0.25) is 0 Å². The zero-order valence-corrected chi connectivity index (χ0v) is 19.7. The van der Waals surface area contributed by atoms with Crippen molar-refractivity contribution in [1.29, 1.82) is 0 Å². The molecule has 33 heavy (non-hydrogen) atoms. The second-order valence-electron chi connectivity index (χ2n) is 10.2. The van der Waals surface area contributed by atoms with Gasteiger partial charge >= 0.3 is 0 Å². The maximum atomic E-state index is 12.4. The van der Waals surface area contributed by atoms with E-state index in [9.17, 15) is 19.8 Å². The fourth-order valence-electron chi connectivity index (χ4n) is 6.23. The maximum Gasteiger partial charge on any atom is 0.263 e. The van der Waals surface area contributed by atoms with Crippen LogP contribution in [0.3, 0.4) is 0 Å². The molecule has 0 radical (unpaired) electrons. The number of aliphatic hydroxyl groups is 1. The van der Waals surface area contributed by atoms with Crippen LogP contribution in [0.5, 0.6) is 5.75 Å². The summed E-state index contributed by atoms with van der Waals surface area (Å²) in [6.45, 7) is 2.90. The van der Waals surface area contributed by atoms with Crippen LogP contribution in [0.15, 0.2) is 23.4 Å². The Morgan fingerprint density at radius 2 is 2.06 bits per heavy atom. The number of amides is 2. The first-order chi connectivity index (χ1) is 15.7. The summed E-state index contributed by atoms with van der Waals surface area (Å²) in [6, 6.07) is 5.47. The van der Waals surface area contributed by atoms with Gasteiger partial charge in [-0.2, -0.15) is 0 Å². The predicted octanol–water partition coefficient (Wildman–Crippen LogP) is 2.33. The summed E-state index contributed by atoms with van der Waals surface area (Å²) in [5.74, 6) is 1.13. The van der Waals surface area contributed by atoms with Crippen molar-refractivity contribution in [3.8, 4) is 5.75 Å². The summed E-state index contributed by atoms with van der Waals surface area (Å²) < 4.78 is 0. The summed E-state index contributed by atoms with van der Waals surface area (Å²) in [5.41, 5.74) is 2.76. The molecular formula is C25H35N3O5. The van der Waals surface area contributed by atoms with Gasteiger partial charge in [-0.25, -0.2) is 0 Å². The molecule has 2 saturated carbocycles. The van der Waals surface area contributed by atoms with E-state index in [1.165, 1.54) is 15.4 Å². The molecule has 180 valence electrons. The third-order valence-corrected chi connectivity index (χ3v) is 8.32. The lowest BCUT2D eigenvalue weighted by molar-refractivity contribution is -0.135. The van der Waals surface area contributed by atoms with Crippen LogP contribution >= 0.6 is 0 Å². The lowest BCUT2D eigenvalue weighted by Gasteiger charge is -2.50. The lowest BCUT2D eigenvalue weighted by atomic mass is 9.55. The number of likely N-dealkylation sites (N-methyl/N-ethyl adjacent to an activating group) is 2. The Labute approximate surface area is 195 Å². The highest BCUT2D eigenvalue weighted by Gasteiger charge is 2.55. The zero-order chi connectivity index (χ0) is 23.8. The van der Waals surface area contributed by atoms with Gasteiger partial charge in [-0.05, 0) is 73.0 Å². The number of hydrogen-bond donors (Lipinski definition) is 2. The number of aliphatic hydroxyl groups excluding tert-OH is 1. The van der Waals surface area contributed by atoms with Crippen LogP contribution in [0.1, 0.15) is 56.1 Å². The molecule has 0 aromatic heterocycles. The van der Waals surface area contributed by atoms with Gasteiger partial charge in [0.1, 0.15) is 5.75 Å². The number of nitrogens with zero attached hydrogens (tertiary/aromatic N) is 3. The SMILES string of the molecule is CN(C=O)CCN(C)C(=O)CO/N=C1\CC2C(CC[C@@]3(C)C2CC[C@@H]3O)c2ccc(O)cc21. The van der Waals surface area contributed by atoms with Gasteiger partial charge < -0.3 is 24.9 Å². The maximum absolute atomic E-state index is 12.4. The summed E-state index contributed by atoms with van der Waals surface area (Å²) in [5, 5.41) is 25.2. The standard InChI is InChI=1S/C25H35N3O5/c1-25-9-8-18-17-5-4-16(30)12-20(17)22(13-19(18)21(25)6-7-23(25)31)26-33-14-24(32)28(3)11-10-27(2)15-29/h4-5,12,15,18-19,21,23,30-31H,6-11,13-14H2,1-3H3/b26-22+/t18?,19?,21?,23-,25-/m0/s1. The van der Waals surface area contributed by atoms with Crippen molar-refractivity contribution < 1.29 is 24.6 Å². The number of phenolic OH excluding ortho intramolecular Hbond substituents is 1. The van der Waals surface area contributed by atoms with Crippen LogP contribution in [0, 0.1) is 17.3 Å². The molecule has 2 amide bonds. The van der Waals surface area contributed by atoms with Gasteiger partial charge in [0.05, 0.1) is 11.8 Å². The van der Waals surface area contributed by atoms with E-state index in [-0.39, 0.29) is 29.8 Å². The Morgan fingerprint density at radius 3 is 2.82 bits per heavy atom. The minimum atomic E-state index is -0.257. The molecule has 3 aliphatic rings. The summed E-state index contributed by atoms with van der Waals surface area (Å²) >= 11 is 0. The third-order valence-electron chi connectivity index (χ3n) is 8.32. The Balaban J connectivity index is 1.51. The molecular weight excluding hydrogens is 422 g/mol. The molecule has 3 aliphatic carbocycles. The smallest absolute Gasteiger partial charge is 0.263 e. The molecule has 0 bridgehead atoms. The number of oxime groups is 1. The van der Waals surface area contributed by atoms with Crippen molar-refractivity contribution in [2.45, 2.75) is 51.0 Å². The minimum absolute atomic E-state index is 0.0606. The van der Waals surface area contributed by atoms with Gasteiger partial charge in [0.25, 0.3) is 5.91 Å². The van der Waals surface area contributed by atoms with E-state index in [2.05, 4.69) is 12.1 Å². The van der Waals surface area contributed by atoms with Crippen molar-refractivity contribution in [2.24, 2.45) is 22.4 Å². The number of phenols is 1. The lowest BCUT2D eigenvalue weighted by Crippen LogP contribution is -2.45. The first-order valence-corrected chi connectivity index (χ1v) is 11.8. The fourth-order valence-corrected chi connectivity index (χ4v) is 6.23. The van der Waals surface area contributed by atoms with Gasteiger partial charge in [-0.1, -0.05) is 18.1 Å². The second-order valence-corrected chi connectivity index (χ2v) is 10.2. The highest BCUT2D eigenvalue weighted by Crippen LogP contribution is 2.61. The van der Waals surface area contributed by atoms with E-state index in [1.54, 1.807) is 26.2 Å². The predicted molar refractivity (Wildman–Crippen MR) is 124 cm³/mol. The van der Waals surface area contributed by atoms with E-state index in [0.717, 1.165) is 43.4 Å². The van der Waals surface area contributed by atoms with Crippen LogP contribution in [0.4, 0.5) is 0 Å². The van der Waals surface area contributed by atoms with Crippen molar-refractivity contribution in [3.63, 3.8) is 0 Å². The average Bonchev–Trinajstić information content (AvgIpc) is 3.11. The van der Waals surface area contributed by atoms with Crippen LogP contribution < -0.4 is 0 Å². The van der Waals surface area contributed by atoms with Crippen molar-refractivity contribution >= 4 is 18.0 Å². The first-order valence-electron chi connectivity index (χ1n) is 11.8. The van der Waals surface area contributed by atoms with Crippen molar-refractivity contribution in [3.05, 3.63) is 29.3 Å². The molecule has 1 aromatic rings. The fraction of sp³-hybridized carbons (Fsp3) is 0.640. The molecule has 5 atom stereocenters. The van der Waals surface area contributed by atoms with E-state index in [1.807, 2.05) is 6.07 Å². The number of benzene rings is 1. The molecule has 1 aromatic carbocycles. The molecule has 4 rings (SSSR count). The summed E-state index contributed by atoms with van der Waals surface area (Å²) in [7, 11) is 3.33. The van der Waals surface area contributed by atoms with Gasteiger partial charge in [-0.15, -0.1) is 0 Å². The van der Waals surface area contributed by atoms with Crippen LogP contribution in [-0.4, -0.2) is 77.9 Å². The van der Waals surface area contributed by atoms with E-state index in [0.29, 0.717) is 37.3 Å². The third kappa shape index (κ3) is 4.45. The molecule has 0 spiro atoms. The van der Waals surface area contributed by atoms with Gasteiger partial charge in [0.2, 0.25) is 6.41 Å². The van der Waals surface area contributed by atoms with E-state index < -0.39 is 0 Å². The van der Waals surface area contributed by atoms with Crippen LogP contribution in [0.25, 0.3) is 0 Å².